The van der Waals surface area contributed by atoms with Crippen LogP contribution in [0.2, 0.25) is 0 Å². The van der Waals surface area contributed by atoms with Gasteiger partial charge in [-0.1, -0.05) is 11.8 Å². The number of aliphatic hydroxyl groups excluding tert-OH is 1. The zero-order valence-electron chi connectivity index (χ0n) is 11.1. The number of amides is 1. The van der Waals surface area contributed by atoms with E-state index in [0.717, 1.165) is 11.3 Å². The average Bonchev–Trinajstić information content (AvgIpc) is 2.95. The smallest absolute Gasteiger partial charge is 0.251 e. The summed E-state index contributed by atoms with van der Waals surface area (Å²) in [6.07, 6.45) is 3.23. The number of aryl methyl sites for hydroxylation is 1. The molecule has 0 aliphatic carbocycles. The van der Waals surface area contributed by atoms with Gasteiger partial charge in [-0.15, -0.1) is 0 Å². The Hall–Kier alpha value is -2.58. The van der Waals surface area contributed by atoms with Crippen LogP contribution in [0.5, 0.6) is 0 Å². The van der Waals surface area contributed by atoms with Crippen molar-refractivity contribution in [1.82, 2.24) is 15.3 Å². The molecule has 2 rings (SSSR count). The number of hydrogen-bond donors (Lipinski definition) is 3. The van der Waals surface area contributed by atoms with E-state index in [9.17, 15) is 4.79 Å². The predicted molar refractivity (Wildman–Crippen MR) is 74.9 cm³/mol. The van der Waals surface area contributed by atoms with Crippen LogP contribution < -0.4 is 5.32 Å². The number of imidazole rings is 1. The molecule has 5 nitrogen and oxygen atoms in total. The lowest BCUT2D eigenvalue weighted by atomic mass is 10.1. The van der Waals surface area contributed by atoms with Gasteiger partial charge in [0.15, 0.2) is 0 Å². The van der Waals surface area contributed by atoms with Crippen LogP contribution in [0.1, 0.15) is 27.2 Å². The minimum atomic E-state index is -0.199. The second-order valence-corrected chi connectivity index (χ2v) is 4.31. The lowest BCUT2D eigenvalue weighted by Gasteiger charge is -2.05. The van der Waals surface area contributed by atoms with Gasteiger partial charge in [0.1, 0.15) is 6.61 Å². The molecule has 102 valence electrons. The summed E-state index contributed by atoms with van der Waals surface area (Å²) in [4.78, 5) is 18.9. The van der Waals surface area contributed by atoms with Crippen LogP contribution in [0.25, 0.3) is 0 Å². The minimum absolute atomic E-state index is 0.171. The molecule has 0 atom stereocenters. The normalized spacial score (nSPS) is 9.70. The summed E-state index contributed by atoms with van der Waals surface area (Å²) < 4.78 is 0. The third-order valence-corrected chi connectivity index (χ3v) is 2.65. The third kappa shape index (κ3) is 3.70. The molecule has 1 heterocycles. The van der Waals surface area contributed by atoms with E-state index in [1.54, 1.807) is 24.7 Å². The number of rotatable bonds is 3. The Labute approximate surface area is 117 Å². The Morgan fingerprint density at radius 3 is 3.00 bits per heavy atom. The van der Waals surface area contributed by atoms with Crippen LogP contribution >= 0.6 is 0 Å². The summed E-state index contributed by atoms with van der Waals surface area (Å²) in [6, 6.07) is 5.37. The highest BCUT2D eigenvalue weighted by Gasteiger charge is 2.07. The number of H-pyrrole nitrogens is 1. The first kappa shape index (κ1) is 13.8. The largest absolute Gasteiger partial charge is 0.384 e. The monoisotopic (exact) mass is 269 g/mol. The molecule has 1 aromatic heterocycles. The van der Waals surface area contributed by atoms with Gasteiger partial charge in [-0.3, -0.25) is 4.79 Å². The zero-order valence-corrected chi connectivity index (χ0v) is 11.1. The molecule has 0 spiro atoms. The lowest BCUT2D eigenvalue weighted by molar-refractivity contribution is 0.0950. The number of carbonyl (C=O) groups excluding carboxylic acids is 1. The van der Waals surface area contributed by atoms with E-state index in [4.69, 9.17) is 5.11 Å². The highest BCUT2D eigenvalue weighted by molar-refractivity contribution is 5.94. The van der Waals surface area contributed by atoms with E-state index in [-0.39, 0.29) is 12.5 Å². The molecule has 5 heteroatoms. The van der Waals surface area contributed by atoms with Crippen LogP contribution in [0, 0.1) is 18.8 Å². The highest BCUT2D eigenvalue weighted by Crippen LogP contribution is 2.09. The van der Waals surface area contributed by atoms with Crippen LogP contribution in [-0.4, -0.2) is 27.6 Å². The van der Waals surface area contributed by atoms with Gasteiger partial charge >= 0.3 is 0 Å². The van der Waals surface area contributed by atoms with Crippen molar-refractivity contribution < 1.29 is 9.90 Å². The van der Waals surface area contributed by atoms with E-state index >= 15 is 0 Å². The van der Waals surface area contributed by atoms with Crippen molar-refractivity contribution in [3.05, 3.63) is 53.1 Å². The topological polar surface area (TPSA) is 78.0 Å². The summed E-state index contributed by atoms with van der Waals surface area (Å²) in [5.41, 5.74) is 3.05. The molecule has 0 aliphatic heterocycles. The summed E-state index contributed by atoms with van der Waals surface area (Å²) in [5.74, 6) is 5.21. The molecule has 2 aromatic rings. The van der Waals surface area contributed by atoms with Crippen molar-refractivity contribution in [3.8, 4) is 11.8 Å². The number of nitrogens with zero attached hydrogens (tertiary/aromatic N) is 1. The maximum Gasteiger partial charge on any atom is 0.251 e. The van der Waals surface area contributed by atoms with Crippen LogP contribution in [0.4, 0.5) is 0 Å². The van der Waals surface area contributed by atoms with Crippen molar-refractivity contribution in [3.63, 3.8) is 0 Å². The molecule has 20 heavy (non-hydrogen) atoms. The standard InChI is InChI=1S/C15H15N3O2/c1-11-5-12(3-2-4-19)7-13(6-11)15(20)17-9-14-8-16-10-18-14/h5-8,10,19H,4,9H2,1H3,(H,16,18)(H,17,20). The summed E-state index contributed by atoms with van der Waals surface area (Å²) in [7, 11) is 0. The molecule has 0 radical (unpaired) electrons. The Bertz CT molecular complexity index is 651. The molecule has 1 amide bonds. The summed E-state index contributed by atoms with van der Waals surface area (Å²) in [5, 5.41) is 11.5. The fourth-order valence-electron chi connectivity index (χ4n) is 1.79. The summed E-state index contributed by atoms with van der Waals surface area (Å²) in [6.45, 7) is 2.09. The third-order valence-electron chi connectivity index (χ3n) is 2.65. The molecular formula is C15H15N3O2. The number of nitrogens with one attached hydrogen (secondary N) is 2. The van der Waals surface area contributed by atoms with Gasteiger partial charge in [-0.25, -0.2) is 4.98 Å². The Morgan fingerprint density at radius 1 is 1.45 bits per heavy atom. The Morgan fingerprint density at radius 2 is 2.30 bits per heavy atom. The molecule has 3 N–H and O–H groups in total. The SMILES string of the molecule is Cc1cc(C#CCO)cc(C(=O)NCc2cnc[nH]2)c1. The van der Waals surface area contributed by atoms with Gasteiger partial charge in [0, 0.05) is 17.3 Å². The van der Waals surface area contributed by atoms with Crippen molar-refractivity contribution in [2.75, 3.05) is 6.61 Å². The summed E-state index contributed by atoms with van der Waals surface area (Å²) >= 11 is 0. The fourth-order valence-corrected chi connectivity index (χ4v) is 1.79. The first-order chi connectivity index (χ1) is 9.69. The maximum atomic E-state index is 12.1. The maximum absolute atomic E-state index is 12.1. The zero-order chi connectivity index (χ0) is 14.4. The van der Waals surface area contributed by atoms with Gasteiger partial charge in [-0.05, 0) is 30.7 Å². The number of aliphatic hydroxyl groups is 1. The first-order valence-corrected chi connectivity index (χ1v) is 6.16. The van der Waals surface area contributed by atoms with E-state index in [1.165, 1.54) is 0 Å². The van der Waals surface area contributed by atoms with Gasteiger partial charge in [0.05, 0.1) is 18.6 Å². The van der Waals surface area contributed by atoms with Crippen LogP contribution in [0.15, 0.2) is 30.7 Å². The molecule has 0 aliphatic rings. The van der Waals surface area contributed by atoms with Gasteiger partial charge in [0.25, 0.3) is 5.91 Å². The number of carbonyl (C=O) groups is 1. The second-order valence-electron chi connectivity index (χ2n) is 4.31. The molecule has 0 unspecified atom stereocenters. The quantitative estimate of drug-likeness (QED) is 0.727. The minimum Gasteiger partial charge on any atom is -0.384 e. The average molecular weight is 269 g/mol. The number of aromatic nitrogens is 2. The van der Waals surface area contributed by atoms with E-state index in [2.05, 4.69) is 27.1 Å². The van der Waals surface area contributed by atoms with Crippen molar-refractivity contribution in [2.45, 2.75) is 13.5 Å². The molecular weight excluding hydrogens is 254 g/mol. The number of hydrogen-bond acceptors (Lipinski definition) is 3. The van der Waals surface area contributed by atoms with Crippen LogP contribution in [0.3, 0.4) is 0 Å². The number of aromatic amines is 1. The molecule has 0 saturated heterocycles. The second kappa shape index (κ2) is 6.55. The lowest BCUT2D eigenvalue weighted by Crippen LogP contribution is -2.23. The first-order valence-electron chi connectivity index (χ1n) is 6.16. The van der Waals surface area contributed by atoms with Gasteiger partial charge < -0.3 is 15.4 Å². The molecule has 0 fully saturated rings. The Kier molecular flexibility index (Phi) is 4.53. The van der Waals surface area contributed by atoms with E-state index in [0.29, 0.717) is 17.7 Å². The fraction of sp³-hybridized carbons (Fsp3) is 0.200. The van der Waals surface area contributed by atoms with E-state index in [1.807, 2.05) is 13.0 Å². The van der Waals surface area contributed by atoms with Crippen molar-refractivity contribution >= 4 is 5.91 Å². The van der Waals surface area contributed by atoms with Gasteiger partial charge in [-0.2, -0.15) is 0 Å². The molecule has 0 bridgehead atoms. The Balaban J connectivity index is 2.10. The van der Waals surface area contributed by atoms with Crippen molar-refractivity contribution in [2.24, 2.45) is 0 Å². The van der Waals surface area contributed by atoms with Gasteiger partial charge in [0.2, 0.25) is 0 Å². The van der Waals surface area contributed by atoms with Crippen LogP contribution in [-0.2, 0) is 6.54 Å². The highest BCUT2D eigenvalue weighted by atomic mass is 16.2. The molecule has 1 aromatic carbocycles. The molecule has 0 saturated carbocycles. The van der Waals surface area contributed by atoms with Crippen molar-refractivity contribution in [1.29, 1.82) is 0 Å². The van der Waals surface area contributed by atoms with E-state index < -0.39 is 0 Å². The number of benzene rings is 1. The predicted octanol–water partition coefficient (Wildman–Crippen LogP) is 0.992.